The van der Waals surface area contributed by atoms with Crippen LogP contribution in [0.3, 0.4) is 0 Å². The van der Waals surface area contributed by atoms with Crippen LogP contribution in [0.5, 0.6) is 0 Å². The number of rotatable bonds is 4. The van der Waals surface area contributed by atoms with E-state index in [1.54, 1.807) is 5.57 Å². The van der Waals surface area contributed by atoms with Crippen molar-refractivity contribution in [2.24, 2.45) is 0 Å². The van der Waals surface area contributed by atoms with Gasteiger partial charge in [-0.25, -0.2) is 0 Å². The summed E-state index contributed by atoms with van der Waals surface area (Å²) < 4.78 is 0. The molecule has 0 saturated carbocycles. The molecule has 1 heterocycles. The Morgan fingerprint density at radius 2 is 2.25 bits per heavy atom. The summed E-state index contributed by atoms with van der Waals surface area (Å²) in [6.45, 7) is 4.70. The van der Waals surface area contributed by atoms with E-state index in [-0.39, 0.29) is 0 Å². The summed E-state index contributed by atoms with van der Waals surface area (Å²) in [5.74, 6) is 0. The van der Waals surface area contributed by atoms with Crippen molar-refractivity contribution in [3.63, 3.8) is 0 Å². The molecule has 0 atom stereocenters. The molecule has 0 aromatic heterocycles. The van der Waals surface area contributed by atoms with Crippen molar-refractivity contribution in [3.8, 4) is 0 Å². The highest BCUT2D eigenvalue weighted by molar-refractivity contribution is 5.06. The van der Waals surface area contributed by atoms with E-state index >= 15 is 0 Å². The second-order valence-electron chi connectivity index (χ2n) is 3.83. The molecule has 1 aliphatic heterocycles. The zero-order chi connectivity index (χ0) is 8.81. The zero-order valence-corrected chi connectivity index (χ0v) is 8.47. The second kappa shape index (κ2) is 5.36. The molecule has 0 aromatic rings. The van der Waals surface area contributed by atoms with Crippen molar-refractivity contribution >= 4 is 0 Å². The molecule has 1 heteroatoms. The molecule has 0 amide bonds. The lowest BCUT2D eigenvalue weighted by atomic mass is 10.0. The third kappa shape index (κ3) is 3.40. The number of hydrogen-bond acceptors (Lipinski definition) is 1. The molecular weight excluding hydrogens is 146 g/mol. The lowest BCUT2D eigenvalue weighted by Crippen LogP contribution is -2.24. The van der Waals surface area contributed by atoms with Crippen molar-refractivity contribution in [2.45, 2.75) is 39.0 Å². The van der Waals surface area contributed by atoms with Crippen LogP contribution in [0.25, 0.3) is 0 Å². The van der Waals surface area contributed by atoms with Gasteiger partial charge in [-0.1, -0.05) is 31.4 Å². The largest absolute Gasteiger partial charge is 0.302 e. The van der Waals surface area contributed by atoms with Crippen LogP contribution in [0.2, 0.25) is 0 Å². The maximum Gasteiger partial charge on any atom is 0.0162 e. The maximum absolute atomic E-state index is 2.42. The van der Waals surface area contributed by atoms with Gasteiger partial charge in [0.25, 0.3) is 0 Å². The fraction of sp³-hybridized carbons (Fsp3) is 0.818. The average Bonchev–Trinajstić information content (AvgIpc) is 2.09. The van der Waals surface area contributed by atoms with E-state index in [0.29, 0.717) is 0 Å². The Morgan fingerprint density at radius 3 is 2.83 bits per heavy atom. The summed E-state index contributed by atoms with van der Waals surface area (Å²) in [5, 5.41) is 0. The van der Waals surface area contributed by atoms with Gasteiger partial charge in [-0.3, -0.25) is 0 Å². The van der Waals surface area contributed by atoms with Crippen LogP contribution in [-0.2, 0) is 0 Å². The van der Waals surface area contributed by atoms with Crippen LogP contribution in [0, 0.1) is 0 Å². The first kappa shape index (κ1) is 9.79. The Hall–Kier alpha value is -0.300. The first-order valence-electron chi connectivity index (χ1n) is 5.19. The van der Waals surface area contributed by atoms with Gasteiger partial charge in [0, 0.05) is 13.1 Å². The average molecular weight is 167 g/mol. The van der Waals surface area contributed by atoms with Gasteiger partial charge in [0.05, 0.1) is 0 Å². The van der Waals surface area contributed by atoms with Crippen LogP contribution >= 0.6 is 0 Å². The standard InChI is InChI=1S/C11H21N/c1-3-4-5-6-11-7-9-12(2)10-8-11/h7H,3-6,8-10H2,1-2H3. The van der Waals surface area contributed by atoms with Crippen LogP contribution < -0.4 is 0 Å². The Morgan fingerprint density at radius 1 is 1.42 bits per heavy atom. The Kier molecular flexibility index (Phi) is 4.37. The third-order valence-electron chi connectivity index (χ3n) is 2.61. The molecule has 0 aliphatic carbocycles. The summed E-state index contributed by atoms with van der Waals surface area (Å²) in [7, 11) is 2.19. The molecule has 0 aromatic carbocycles. The van der Waals surface area contributed by atoms with E-state index in [4.69, 9.17) is 0 Å². The van der Waals surface area contributed by atoms with Crippen LogP contribution in [0.4, 0.5) is 0 Å². The third-order valence-corrected chi connectivity index (χ3v) is 2.61. The van der Waals surface area contributed by atoms with E-state index in [9.17, 15) is 0 Å². The minimum atomic E-state index is 1.17. The monoisotopic (exact) mass is 167 g/mol. The summed E-state index contributed by atoms with van der Waals surface area (Å²) in [6.07, 6.45) is 9.20. The van der Waals surface area contributed by atoms with Gasteiger partial charge in [0.2, 0.25) is 0 Å². The molecular formula is C11H21N. The predicted octanol–water partition coefficient (Wildman–Crippen LogP) is 2.83. The molecule has 1 aliphatic rings. The van der Waals surface area contributed by atoms with E-state index in [0.717, 1.165) is 0 Å². The normalized spacial score (nSPS) is 19.3. The smallest absolute Gasteiger partial charge is 0.0162 e. The van der Waals surface area contributed by atoms with Gasteiger partial charge in [-0.15, -0.1) is 0 Å². The van der Waals surface area contributed by atoms with Gasteiger partial charge in [0.15, 0.2) is 0 Å². The topological polar surface area (TPSA) is 3.24 Å². The van der Waals surface area contributed by atoms with Gasteiger partial charge in [-0.2, -0.15) is 0 Å². The lowest BCUT2D eigenvalue weighted by Gasteiger charge is -2.21. The molecule has 0 spiro atoms. The lowest BCUT2D eigenvalue weighted by molar-refractivity contribution is 0.355. The van der Waals surface area contributed by atoms with Gasteiger partial charge in [0.1, 0.15) is 0 Å². The number of unbranched alkanes of at least 4 members (excludes halogenated alkanes) is 2. The quantitative estimate of drug-likeness (QED) is 0.460. The molecule has 0 unspecified atom stereocenters. The van der Waals surface area contributed by atoms with Crippen molar-refractivity contribution in [2.75, 3.05) is 20.1 Å². The fourth-order valence-corrected chi connectivity index (χ4v) is 1.64. The molecule has 0 saturated heterocycles. The molecule has 0 fully saturated rings. The minimum absolute atomic E-state index is 1.17. The maximum atomic E-state index is 2.42. The van der Waals surface area contributed by atoms with Gasteiger partial charge < -0.3 is 4.90 Å². The summed E-state index contributed by atoms with van der Waals surface area (Å²) in [4.78, 5) is 2.38. The SMILES string of the molecule is CCCCCC1=CCN(C)CC1. The molecule has 1 rings (SSSR count). The number of nitrogens with zero attached hydrogens (tertiary/aromatic N) is 1. The predicted molar refractivity (Wildman–Crippen MR) is 54.3 cm³/mol. The van der Waals surface area contributed by atoms with Crippen molar-refractivity contribution in [1.29, 1.82) is 0 Å². The van der Waals surface area contributed by atoms with Gasteiger partial charge in [-0.05, 0) is 26.3 Å². The molecule has 12 heavy (non-hydrogen) atoms. The summed E-state index contributed by atoms with van der Waals surface area (Å²) >= 11 is 0. The van der Waals surface area contributed by atoms with E-state index in [1.807, 2.05) is 0 Å². The van der Waals surface area contributed by atoms with E-state index in [2.05, 4.69) is 24.9 Å². The molecule has 0 N–H and O–H groups in total. The van der Waals surface area contributed by atoms with E-state index < -0.39 is 0 Å². The first-order chi connectivity index (χ1) is 5.83. The number of likely N-dealkylation sites (N-methyl/N-ethyl adjacent to an activating group) is 1. The second-order valence-corrected chi connectivity index (χ2v) is 3.83. The molecule has 1 nitrogen and oxygen atoms in total. The summed E-state index contributed by atoms with van der Waals surface area (Å²) in [5.41, 5.74) is 1.70. The fourth-order valence-electron chi connectivity index (χ4n) is 1.64. The van der Waals surface area contributed by atoms with Crippen LogP contribution in [-0.4, -0.2) is 25.0 Å². The number of hydrogen-bond donors (Lipinski definition) is 0. The van der Waals surface area contributed by atoms with Crippen molar-refractivity contribution in [1.82, 2.24) is 4.90 Å². The molecule has 70 valence electrons. The Balaban J connectivity index is 2.15. The Labute approximate surface area is 76.5 Å². The Bertz CT molecular complexity index is 149. The van der Waals surface area contributed by atoms with Crippen LogP contribution in [0.1, 0.15) is 39.0 Å². The highest BCUT2D eigenvalue weighted by Gasteiger charge is 2.06. The minimum Gasteiger partial charge on any atom is -0.302 e. The highest BCUT2D eigenvalue weighted by Crippen LogP contribution is 2.16. The van der Waals surface area contributed by atoms with Crippen molar-refractivity contribution < 1.29 is 0 Å². The molecule has 0 bridgehead atoms. The van der Waals surface area contributed by atoms with Gasteiger partial charge >= 0.3 is 0 Å². The van der Waals surface area contributed by atoms with Crippen LogP contribution in [0.15, 0.2) is 11.6 Å². The summed E-state index contributed by atoms with van der Waals surface area (Å²) in [6, 6.07) is 0. The van der Waals surface area contributed by atoms with Crippen molar-refractivity contribution in [3.05, 3.63) is 11.6 Å². The highest BCUT2D eigenvalue weighted by atomic mass is 15.1. The molecule has 0 radical (unpaired) electrons. The zero-order valence-electron chi connectivity index (χ0n) is 8.47. The first-order valence-corrected chi connectivity index (χ1v) is 5.19. The van der Waals surface area contributed by atoms with E-state index in [1.165, 1.54) is 45.2 Å².